The van der Waals surface area contributed by atoms with Crippen LogP contribution in [-0.2, 0) is 0 Å². The molecule has 2 aromatic heterocycles. The number of fused-ring (bicyclic) bond motifs is 1. The summed E-state index contributed by atoms with van der Waals surface area (Å²) in [5, 5.41) is 10.3. The van der Waals surface area contributed by atoms with E-state index in [0.29, 0.717) is 0 Å². The van der Waals surface area contributed by atoms with Gasteiger partial charge in [0.25, 0.3) is 0 Å². The second kappa shape index (κ2) is 5.56. The predicted molar refractivity (Wildman–Crippen MR) is 80.0 cm³/mol. The van der Waals surface area contributed by atoms with E-state index in [2.05, 4.69) is 9.97 Å². The van der Waals surface area contributed by atoms with Crippen molar-refractivity contribution in [2.45, 2.75) is 13.0 Å². The maximum atomic E-state index is 9.32. The number of rotatable bonds is 4. The van der Waals surface area contributed by atoms with Crippen molar-refractivity contribution in [1.29, 1.82) is 0 Å². The van der Waals surface area contributed by atoms with Crippen molar-refractivity contribution in [2.75, 3.05) is 6.61 Å². The third-order valence-corrected chi connectivity index (χ3v) is 3.92. The van der Waals surface area contributed by atoms with Crippen molar-refractivity contribution >= 4 is 21.6 Å². The van der Waals surface area contributed by atoms with Crippen LogP contribution in [0.1, 0.15) is 6.92 Å². The lowest BCUT2D eigenvalue weighted by Gasteiger charge is -2.08. The molecular weight excluding hydrogens is 272 g/mol. The Morgan fingerprint density at radius 1 is 1.25 bits per heavy atom. The summed E-state index contributed by atoms with van der Waals surface area (Å²) < 4.78 is 6.64. The number of aliphatic hydroxyl groups is 1. The van der Waals surface area contributed by atoms with Crippen LogP contribution in [0.2, 0.25) is 0 Å². The van der Waals surface area contributed by atoms with E-state index in [1.807, 2.05) is 30.3 Å². The minimum Gasteiger partial charge on any atom is -0.489 e. The second-order valence-electron chi connectivity index (χ2n) is 4.52. The summed E-state index contributed by atoms with van der Waals surface area (Å²) in [6.07, 6.45) is 3.02. The molecule has 0 bridgehead atoms. The molecule has 0 aliphatic rings. The molecule has 0 saturated carbocycles. The maximum Gasteiger partial charge on any atom is 0.138 e. The Labute approximate surface area is 120 Å². The third-order valence-electron chi connectivity index (χ3n) is 2.79. The van der Waals surface area contributed by atoms with Crippen LogP contribution in [-0.4, -0.2) is 27.8 Å². The highest BCUT2D eigenvalue weighted by Crippen LogP contribution is 2.35. The van der Waals surface area contributed by atoms with Gasteiger partial charge in [-0.05, 0) is 31.2 Å². The molecule has 0 spiro atoms. The molecule has 1 atom stereocenters. The lowest BCUT2D eigenvalue weighted by molar-refractivity contribution is 0.124. The minimum atomic E-state index is -0.488. The Hall–Kier alpha value is -1.98. The number of thiazole rings is 1. The molecular formula is C15H14N2O2S. The molecule has 102 valence electrons. The smallest absolute Gasteiger partial charge is 0.138 e. The Balaban J connectivity index is 2.00. The normalized spacial score (nSPS) is 12.5. The Kier molecular flexibility index (Phi) is 3.62. The van der Waals surface area contributed by atoms with Gasteiger partial charge in [0.15, 0.2) is 0 Å². The van der Waals surface area contributed by atoms with Gasteiger partial charge in [0, 0.05) is 18.0 Å². The summed E-state index contributed by atoms with van der Waals surface area (Å²) in [5.74, 6) is 0.765. The third kappa shape index (κ3) is 2.64. The van der Waals surface area contributed by atoms with Crippen LogP contribution < -0.4 is 4.74 Å². The largest absolute Gasteiger partial charge is 0.489 e. The van der Waals surface area contributed by atoms with E-state index in [1.165, 1.54) is 0 Å². The molecule has 1 unspecified atom stereocenters. The van der Waals surface area contributed by atoms with Crippen LogP contribution in [0.5, 0.6) is 5.75 Å². The molecule has 3 rings (SSSR count). The van der Waals surface area contributed by atoms with Crippen LogP contribution in [0.3, 0.4) is 0 Å². The summed E-state index contributed by atoms with van der Waals surface area (Å²) in [6, 6.07) is 9.66. The van der Waals surface area contributed by atoms with Crippen molar-refractivity contribution in [3.63, 3.8) is 0 Å². The fourth-order valence-corrected chi connectivity index (χ4v) is 2.90. The standard InChI is InChI=1S/C15H14N2O2S/c1-10(18)9-19-13-4-2-3-12-14(13)20-15(17-12)11-5-7-16-8-6-11/h2-8,10,18H,9H2,1H3. The molecule has 5 heteroatoms. The van der Waals surface area contributed by atoms with E-state index in [1.54, 1.807) is 30.7 Å². The highest BCUT2D eigenvalue weighted by Gasteiger charge is 2.11. The summed E-state index contributed by atoms with van der Waals surface area (Å²) in [7, 11) is 0. The van der Waals surface area contributed by atoms with Crippen LogP contribution in [0.4, 0.5) is 0 Å². The van der Waals surface area contributed by atoms with Crippen molar-refractivity contribution in [3.8, 4) is 16.3 Å². The first-order valence-corrected chi connectivity index (χ1v) is 7.16. The Morgan fingerprint density at radius 3 is 2.80 bits per heavy atom. The molecule has 0 aliphatic carbocycles. The summed E-state index contributed by atoms with van der Waals surface area (Å²) in [6.45, 7) is 1.98. The van der Waals surface area contributed by atoms with Gasteiger partial charge in [-0.25, -0.2) is 4.98 Å². The quantitative estimate of drug-likeness (QED) is 0.800. The van der Waals surface area contributed by atoms with Gasteiger partial charge >= 0.3 is 0 Å². The summed E-state index contributed by atoms with van der Waals surface area (Å²) in [4.78, 5) is 8.63. The van der Waals surface area contributed by atoms with E-state index in [0.717, 1.165) is 26.5 Å². The highest BCUT2D eigenvalue weighted by molar-refractivity contribution is 7.22. The van der Waals surface area contributed by atoms with Gasteiger partial charge in [0.2, 0.25) is 0 Å². The Morgan fingerprint density at radius 2 is 2.05 bits per heavy atom. The molecule has 0 amide bonds. The second-order valence-corrected chi connectivity index (χ2v) is 5.52. The Bertz CT molecular complexity index is 710. The molecule has 0 radical (unpaired) electrons. The lowest BCUT2D eigenvalue weighted by Crippen LogP contribution is -2.12. The molecule has 2 heterocycles. The van der Waals surface area contributed by atoms with Gasteiger partial charge in [0.1, 0.15) is 17.4 Å². The average molecular weight is 286 g/mol. The molecule has 1 aromatic carbocycles. The molecule has 0 aliphatic heterocycles. The van der Waals surface area contributed by atoms with Crippen LogP contribution in [0.15, 0.2) is 42.7 Å². The van der Waals surface area contributed by atoms with Gasteiger partial charge < -0.3 is 9.84 Å². The first-order valence-electron chi connectivity index (χ1n) is 6.35. The number of pyridine rings is 1. The minimum absolute atomic E-state index is 0.279. The van der Waals surface area contributed by atoms with Gasteiger partial charge in [-0.15, -0.1) is 11.3 Å². The van der Waals surface area contributed by atoms with Crippen LogP contribution >= 0.6 is 11.3 Å². The zero-order chi connectivity index (χ0) is 13.9. The number of benzene rings is 1. The molecule has 0 saturated heterocycles. The predicted octanol–water partition coefficient (Wildman–Crippen LogP) is 3.12. The van der Waals surface area contributed by atoms with Gasteiger partial charge in [-0.2, -0.15) is 0 Å². The molecule has 20 heavy (non-hydrogen) atoms. The van der Waals surface area contributed by atoms with E-state index in [-0.39, 0.29) is 6.61 Å². The number of aromatic nitrogens is 2. The molecule has 0 fully saturated rings. The average Bonchev–Trinajstić information content (AvgIpc) is 2.90. The van der Waals surface area contributed by atoms with E-state index in [9.17, 15) is 5.11 Å². The van der Waals surface area contributed by atoms with Crippen molar-refractivity contribution < 1.29 is 9.84 Å². The van der Waals surface area contributed by atoms with Gasteiger partial charge in [-0.3, -0.25) is 4.98 Å². The van der Waals surface area contributed by atoms with Crippen molar-refractivity contribution in [1.82, 2.24) is 9.97 Å². The van der Waals surface area contributed by atoms with E-state index < -0.39 is 6.10 Å². The fourth-order valence-electron chi connectivity index (χ4n) is 1.87. The monoisotopic (exact) mass is 286 g/mol. The number of aliphatic hydroxyl groups excluding tert-OH is 1. The van der Waals surface area contributed by atoms with Crippen molar-refractivity contribution in [2.24, 2.45) is 0 Å². The number of nitrogens with zero attached hydrogens (tertiary/aromatic N) is 2. The fraction of sp³-hybridized carbons (Fsp3) is 0.200. The van der Waals surface area contributed by atoms with Crippen LogP contribution in [0, 0.1) is 0 Å². The van der Waals surface area contributed by atoms with Crippen LogP contribution in [0.25, 0.3) is 20.8 Å². The number of ether oxygens (including phenoxy) is 1. The zero-order valence-electron chi connectivity index (χ0n) is 11.0. The number of hydrogen-bond acceptors (Lipinski definition) is 5. The maximum absolute atomic E-state index is 9.32. The van der Waals surface area contributed by atoms with Gasteiger partial charge in [0.05, 0.1) is 16.3 Å². The molecule has 1 N–H and O–H groups in total. The van der Waals surface area contributed by atoms with E-state index in [4.69, 9.17) is 4.74 Å². The topological polar surface area (TPSA) is 55.2 Å². The summed E-state index contributed by atoms with van der Waals surface area (Å²) in [5.41, 5.74) is 1.95. The SMILES string of the molecule is CC(O)COc1cccc2nc(-c3ccncc3)sc12. The van der Waals surface area contributed by atoms with E-state index >= 15 is 0 Å². The first-order chi connectivity index (χ1) is 9.74. The highest BCUT2D eigenvalue weighted by atomic mass is 32.1. The zero-order valence-corrected chi connectivity index (χ0v) is 11.8. The van der Waals surface area contributed by atoms with Gasteiger partial charge in [-0.1, -0.05) is 6.07 Å². The molecule has 4 nitrogen and oxygen atoms in total. The summed E-state index contributed by atoms with van der Waals surface area (Å²) >= 11 is 1.58. The molecule has 3 aromatic rings. The first kappa shape index (κ1) is 13.0. The lowest BCUT2D eigenvalue weighted by atomic mass is 10.3. The number of hydrogen-bond donors (Lipinski definition) is 1. The van der Waals surface area contributed by atoms with Crippen molar-refractivity contribution in [3.05, 3.63) is 42.7 Å².